The second-order valence-corrected chi connectivity index (χ2v) is 11.9. The normalized spacial score (nSPS) is 12.1. The molecule has 0 N–H and O–H groups in total. The van der Waals surface area contributed by atoms with E-state index in [0.717, 1.165) is 27.9 Å². The molecule has 0 spiro atoms. The number of nitrogens with zero attached hydrogens (tertiary/aromatic N) is 4. The van der Waals surface area contributed by atoms with Gasteiger partial charge < -0.3 is 4.57 Å². The van der Waals surface area contributed by atoms with Crippen LogP contribution in [0.2, 0.25) is 0 Å². The van der Waals surface area contributed by atoms with Gasteiger partial charge in [-0.3, -0.25) is 0 Å². The molecule has 4 nitrogen and oxygen atoms in total. The van der Waals surface area contributed by atoms with Crippen molar-refractivity contribution in [3.63, 3.8) is 0 Å². The Kier molecular flexibility index (Phi) is 7.67. The number of fused-ring (bicyclic) bond motifs is 3. The maximum atomic E-state index is 14.5. The molecule has 51 heavy (non-hydrogen) atoms. The second kappa shape index (κ2) is 12.2. The van der Waals surface area contributed by atoms with Gasteiger partial charge in [0.15, 0.2) is 17.5 Å². The van der Waals surface area contributed by atoms with Gasteiger partial charge in [0.25, 0.3) is 0 Å². The maximum Gasteiger partial charge on any atom is 0.417 e. The molecule has 0 bridgehead atoms. The molecule has 0 aliphatic carbocycles. The molecule has 0 saturated carbocycles. The van der Waals surface area contributed by atoms with E-state index in [2.05, 4.69) is 0 Å². The number of benzene rings is 6. The van der Waals surface area contributed by atoms with Gasteiger partial charge in [-0.05, 0) is 47.5 Å². The van der Waals surface area contributed by atoms with Gasteiger partial charge in [-0.25, -0.2) is 15.0 Å². The Balaban J connectivity index is 1.46. The molecule has 0 aliphatic rings. The summed E-state index contributed by atoms with van der Waals surface area (Å²) in [6.45, 7) is 0. The Morgan fingerprint density at radius 2 is 0.922 bits per heavy atom. The zero-order chi connectivity index (χ0) is 35.3. The van der Waals surface area contributed by atoms with Crippen molar-refractivity contribution in [3.05, 3.63) is 157 Å². The monoisotopic (exact) mass is 686 g/mol. The van der Waals surface area contributed by atoms with Crippen LogP contribution in [0.5, 0.6) is 0 Å². The zero-order valence-corrected chi connectivity index (χ0v) is 26.4. The number of para-hydroxylation sites is 2. The summed E-state index contributed by atoms with van der Waals surface area (Å²) >= 11 is 0. The predicted octanol–water partition coefficient (Wildman–Crippen LogP) is 11.7. The van der Waals surface area contributed by atoms with Gasteiger partial charge in [0.05, 0.1) is 27.8 Å². The third-order valence-corrected chi connectivity index (χ3v) is 8.72. The first-order valence-electron chi connectivity index (χ1n) is 15.8. The highest BCUT2D eigenvalue weighted by atomic mass is 19.4. The summed E-state index contributed by atoms with van der Waals surface area (Å²) < 4.78 is 86.2. The van der Waals surface area contributed by atoms with Gasteiger partial charge in [0.2, 0.25) is 0 Å². The molecule has 0 atom stereocenters. The fraction of sp³-hybridized carbons (Fsp3) is 0.0488. The van der Waals surface area contributed by atoms with Crippen LogP contribution >= 0.6 is 0 Å². The smallest absolute Gasteiger partial charge is 0.309 e. The predicted molar refractivity (Wildman–Crippen MR) is 186 cm³/mol. The molecule has 2 heterocycles. The van der Waals surface area contributed by atoms with Crippen LogP contribution in [0.25, 0.3) is 72.8 Å². The molecule has 10 heteroatoms. The lowest BCUT2D eigenvalue weighted by Crippen LogP contribution is -2.12. The number of halogens is 6. The van der Waals surface area contributed by atoms with Gasteiger partial charge in [-0.2, -0.15) is 26.3 Å². The van der Waals surface area contributed by atoms with Crippen LogP contribution in [-0.4, -0.2) is 19.5 Å². The van der Waals surface area contributed by atoms with Crippen molar-refractivity contribution in [2.45, 2.75) is 12.4 Å². The molecule has 0 saturated heterocycles. The molecule has 0 radical (unpaired) electrons. The van der Waals surface area contributed by atoms with Crippen LogP contribution < -0.4 is 0 Å². The van der Waals surface area contributed by atoms with E-state index in [-0.39, 0.29) is 17.5 Å². The Labute approximate surface area is 287 Å². The highest BCUT2D eigenvalue weighted by Gasteiger charge is 2.38. The van der Waals surface area contributed by atoms with Gasteiger partial charge in [-0.1, -0.05) is 109 Å². The number of rotatable bonds is 5. The van der Waals surface area contributed by atoms with E-state index in [1.54, 1.807) is 6.07 Å². The van der Waals surface area contributed by atoms with Crippen molar-refractivity contribution in [1.29, 1.82) is 0 Å². The molecule has 0 aliphatic heterocycles. The van der Waals surface area contributed by atoms with E-state index in [1.165, 1.54) is 12.1 Å². The van der Waals surface area contributed by atoms with Crippen LogP contribution in [0.1, 0.15) is 11.1 Å². The second-order valence-electron chi connectivity index (χ2n) is 11.9. The van der Waals surface area contributed by atoms with Crippen molar-refractivity contribution in [2.75, 3.05) is 0 Å². The summed E-state index contributed by atoms with van der Waals surface area (Å²) in [6.07, 6.45) is -10.0. The van der Waals surface area contributed by atoms with Crippen molar-refractivity contribution < 1.29 is 26.3 Å². The van der Waals surface area contributed by atoms with E-state index in [9.17, 15) is 26.3 Å². The Hall–Kier alpha value is -6.29. The lowest BCUT2D eigenvalue weighted by molar-refractivity contribution is -0.142. The average molecular weight is 687 g/mol. The van der Waals surface area contributed by atoms with E-state index in [0.29, 0.717) is 40.1 Å². The van der Waals surface area contributed by atoms with Crippen LogP contribution in [0.15, 0.2) is 146 Å². The summed E-state index contributed by atoms with van der Waals surface area (Å²) in [4.78, 5) is 14.5. The Morgan fingerprint density at radius 3 is 1.45 bits per heavy atom. The van der Waals surface area contributed by atoms with E-state index < -0.39 is 29.0 Å². The third-order valence-electron chi connectivity index (χ3n) is 8.72. The molecule has 8 aromatic rings. The molecule has 2 aromatic heterocycles. The van der Waals surface area contributed by atoms with Crippen molar-refractivity contribution in [2.24, 2.45) is 0 Å². The van der Waals surface area contributed by atoms with E-state index in [1.807, 2.05) is 114 Å². The minimum Gasteiger partial charge on any atom is -0.309 e. The summed E-state index contributed by atoms with van der Waals surface area (Å²) in [5, 5.41) is 1.91. The van der Waals surface area contributed by atoms with Crippen molar-refractivity contribution in [1.82, 2.24) is 19.5 Å². The van der Waals surface area contributed by atoms with Crippen LogP contribution in [0.4, 0.5) is 26.3 Å². The van der Waals surface area contributed by atoms with Crippen molar-refractivity contribution >= 4 is 21.8 Å². The van der Waals surface area contributed by atoms with Crippen LogP contribution in [-0.2, 0) is 12.4 Å². The van der Waals surface area contributed by atoms with Crippen molar-refractivity contribution in [3.8, 4) is 51.0 Å². The lowest BCUT2D eigenvalue weighted by atomic mass is 9.94. The van der Waals surface area contributed by atoms with Gasteiger partial charge >= 0.3 is 12.4 Å². The topological polar surface area (TPSA) is 43.6 Å². The molecule has 6 aromatic carbocycles. The quantitative estimate of drug-likeness (QED) is 0.169. The van der Waals surface area contributed by atoms with Gasteiger partial charge in [0.1, 0.15) is 0 Å². The third kappa shape index (κ3) is 5.88. The highest BCUT2D eigenvalue weighted by Crippen LogP contribution is 2.43. The van der Waals surface area contributed by atoms with E-state index >= 15 is 0 Å². The summed E-state index contributed by atoms with van der Waals surface area (Å²) in [6, 6.07) is 40.3. The maximum absolute atomic E-state index is 14.5. The largest absolute Gasteiger partial charge is 0.417 e. The lowest BCUT2D eigenvalue weighted by Gasteiger charge is -2.19. The average Bonchev–Trinajstić information content (AvgIpc) is 3.48. The standard InChI is InChI=1S/C41H24F6N4/c42-40(43,44)28-20-21-29(33(24-28)41(45,46)47)27-19-22-36(51-34-17-9-7-15-30(34)31-16-8-10-18-35(31)51)32(23-27)39-49-37(25-11-3-1-4-12-25)48-38(50-39)26-13-5-2-6-14-26/h1-24H. The molecule has 8 rings (SSSR count). The first kappa shape index (κ1) is 31.9. The summed E-state index contributed by atoms with van der Waals surface area (Å²) in [7, 11) is 0. The van der Waals surface area contributed by atoms with Crippen LogP contribution in [0, 0.1) is 0 Å². The molecule has 250 valence electrons. The molecule has 0 fully saturated rings. The number of alkyl halides is 6. The number of hydrogen-bond donors (Lipinski definition) is 0. The fourth-order valence-electron chi connectivity index (χ4n) is 6.40. The molecule has 0 unspecified atom stereocenters. The van der Waals surface area contributed by atoms with Gasteiger partial charge in [0, 0.05) is 27.5 Å². The zero-order valence-electron chi connectivity index (χ0n) is 26.4. The summed E-state index contributed by atoms with van der Waals surface area (Å²) in [5.41, 5.74) is 0.786. The van der Waals surface area contributed by atoms with Crippen LogP contribution in [0.3, 0.4) is 0 Å². The minimum absolute atomic E-state index is 0.0403. The van der Waals surface area contributed by atoms with E-state index in [4.69, 9.17) is 15.0 Å². The number of hydrogen-bond acceptors (Lipinski definition) is 3. The first-order chi connectivity index (χ1) is 24.6. The van der Waals surface area contributed by atoms with Gasteiger partial charge in [-0.15, -0.1) is 0 Å². The first-order valence-corrected chi connectivity index (χ1v) is 15.8. The summed E-state index contributed by atoms with van der Waals surface area (Å²) in [5.74, 6) is 0.842. The Bertz CT molecular complexity index is 2450. The molecular weight excluding hydrogens is 662 g/mol. The Morgan fingerprint density at radius 1 is 0.412 bits per heavy atom. The minimum atomic E-state index is -5.07. The number of aromatic nitrogens is 4. The fourth-order valence-corrected chi connectivity index (χ4v) is 6.40. The molecule has 0 amide bonds. The SMILES string of the molecule is FC(F)(F)c1ccc(-c2ccc(-n3c4ccccc4c4ccccc43)c(-c3nc(-c4ccccc4)nc(-c4ccccc4)n3)c2)c(C(F)(F)F)c1. The highest BCUT2D eigenvalue weighted by molar-refractivity contribution is 6.09. The molecular formula is C41H24F6N4.